The summed E-state index contributed by atoms with van der Waals surface area (Å²) < 4.78 is 6.47. The number of piperidine rings is 1. The van der Waals surface area contributed by atoms with E-state index in [1.807, 2.05) is 12.1 Å². The highest BCUT2D eigenvalue weighted by atomic mass is 16.5. The molecule has 0 unspecified atom stereocenters. The first-order chi connectivity index (χ1) is 17.4. The summed E-state index contributed by atoms with van der Waals surface area (Å²) in [5.41, 5.74) is 11.3. The fourth-order valence-electron chi connectivity index (χ4n) is 6.03. The number of nitrogens with zero attached hydrogens (tertiary/aromatic N) is 5. The standard InChI is InChI=1S/C29H34N6O/c1-20-16-34(26-8-6-21(15-30)28-25(26)4-3-11-32-28)18-24-19-36-27-14-23(7-5-22(27)17-35(20)24)33-12-9-29(2,31)10-13-33/h3-8,11,14,20,24H,9-10,12-13,16-19,31H2,1-2H3/t20-,24-/m1/s1. The van der Waals surface area contributed by atoms with Crippen molar-refractivity contribution in [3.05, 3.63) is 59.8 Å². The molecule has 3 aromatic rings. The number of rotatable bonds is 2. The zero-order valence-corrected chi connectivity index (χ0v) is 21.2. The topological polar surface area (TPSA) is 81.7 Å². The summed E-state index contributed by atoms with van der Waals surface area (Å²) in [6, 6.07) is 17.7. The number of benzene rings is 2. The summed E-state index contributed by atoms with van der Waals surface area (Å²) in [5.74, 6) is 1.01. The Bertz CT molecular complexity index is 1320. The van der Waals surface area contributed by atoms with Crippen LogP contribution in [0.15, 0.2) is 48.7 Å². The monoisotopic (exact) mass is 482 g/mol. The zero-order chi connectivity index (χ0) is 24.9. The number of piperazine rings is 1. The SMILES string of the molecule is C[C@@H]1CN(c2ccc(C#N)c3ncccc23)C[C@@H]2COc3cc(N4CCC(C)(N)CC4)ccc3CN21. The molecule has 2 fully saturated rings. The van der Waals surface area contributed by atoms with Crippen LogP contribution in [0.2, 0.25) is 0 Å². The van der Waals surface area contributed by atoms with Gasteiger partial charge in [-0.15, -0.1) is 0 Å². The van der Waals surface area contributed by atoms with E-state index in [1.54, 1.807) is 6.20 Å². The summed E-state index contributed by atoms with van der Waals surface area (Å²) in [7, 11) is 0. The molecule has 0 aliphatic carbocycles. The molecule has 0 amide bonds. The molecule has 186 valence electrons. The van der Waals surface area contributed by atoms with Crippen LogP contribution in [0.25, 0.3) is 10.9 Å². The first kappa shape index (κ1) is 23.1. The van der Waals surface area contributed by atoms with Gasteiger partial charge in [0.05, 0.1) is 17.1 Å². The van der Waals surface area contributed by atoms with E-state index >= 15 is 0 Å². The lowest BCUT2D eigenvalue weighted by atomic mass is 9.91. The number of nitriles is 1. The van der Waals surface area contributed by atoms with Crippen molar-refractivity contribution in [1.29, 1.82) is 5.26 Å². The van der Waals surface area contributed by atoms with Crippen molar-refractivity contribution in [2.45, 2.75) is 50.9 Å². The van der Waals surface area contributed by atoms with Gasteiger partial charge in [-0.2, -0.15) is 5.26 Å². The van der Waals surface area contributed by atoms with Crippen molar-refractivity contribution in [1.82, 2.24) is 9.88 Å². The Balaban J connectivity index is 1.23. The van der Waals surface area contributed by atoms with Crippen molar-refractivity contribution in [3.8, 4) is 11.8 Å². The van der Waals surface area contributed by atoms with E-state index in [0.717, 1.165) is 67.9 Å². The Labute approximate surface area is 213 Å². The normalized spacial score (nSPS) is 23.8. The maximum absolute atomic E-state index is 9.54. The Morgan fingerprint density at radius 3 is 2.75 bits per heavy atom. The molecule has 3 aliphatic heterocycles. The van der Waals surface area contributed by atoms with E-state index in [2.05, 4.69) is 69.9 Å². The van der Waals surface area contributed by atoms with Crippen LogP contribution in [0.4, 0.5) is 11.4 Å². The van der Waals surface area contributed by atoms with Gasteiger partial charge in [0.25, 0.3) is 0 Å². The number of nitrogens with two attached hydrogens (primary N) is 1. The molecule has 0 bridgehead atoms. The molecule has 2 aromatic carbocycles. The molecule has 2 atom stereocenters. The zero-order valence-electron chi connectivity index (χ0n) is 21.2. The van der Waals surface area contributed by atoms with E-state index < -0.39 is 0 Å². The number of pyridine rings is 1. The van der Waals surface area contributed by atoms with Gasteiger partial charge >= 0.3 is 0 Å². The van der Waals surface area contributed by atoms with E-state index in [1.165, 1.54) is 11.3 Å². The molecule has 0 saturated carbocycles. The average Bonchev–Trinajstić information content (AvgIpc) is 3.07. The number of anilines is 2. The quantitative estimate of drug-likeness (QED) is 0.593. The van der Waals surface area contributed by atoms with Crippen LogP contribution in [0.5, 0.6) is 5.75 Å². The largest absolute Gasteiger partial charge is 0.491 e. The lowest BCUT2D eigenvalue weighted by Gasteiger charge is -2.45. The van der Waals surface area contributed by atoms with Gasteiger partial charge in [-0.1, -0.05) is 6.07 Å². The van der Waals surface area contributed by atoms with Gasteiger partial charge in [0.2, 0.25) is 0 Å². The molecule has 0 spiro atoms. The Kier molecular flexibility index (Phi) is 5.74. The van der Waals surface area contributed by atoms with E-state index in [-0.39, 0.29) is 11.6 Å². The predicted molar refractivity (Wildman–Crippen MR) is 143 cm³/mol. The molecule has 36 heavy (non-hydrogen) atoms. The van der Waals surface area contributed by atoms with Gasteiger partial charge in [0, 0.05) is 78.9 Å². The Morgan fingerprint density at radius 2 is 1.94 bits per heavy atom. The first-order valence-corrected chi connectivity index (χ1v) is 13.0. The summed E-state index contributed by atoms with van der Waals surface area (Å²) >= 11 is 0. The lowest BCUT2D eigenvalue weighted by molar-refractivity contribution is 0.0892. The number of fused-ring (bicyclic) bond motifs is 3. The second-order valence-corrected chi connectivity index (χ2v) is 11.0. The van der Waals surface area contributed by atoms with Crippen molar-refractivity contribution >= 4 is 22.3 Å². The summed E-state index contributed by atoms with van der Waals surface area (Å²) in [5, 5.41) is 10.6. The van der Waals surface area contributed by atoms with Crippen LogP contribution in [0.1, 0.15) is 37.8 Å². The van der Waals surface area contributed by atoms with E-state index in [4.69, 9.17) is 10.5 Å². The maximum Gasteiger partial charge on any atom is 0.125 e. The Hall–Kier alpha value is -3.34. The molecule has 4 heterocycles. The van der Waals surface area contributed by atoms with Crippen molar-refractivity contribution in [3.63, 3.8) is 0 Å². The van der Waals surface area contributed by atoms with Gasteiger partial charge in [-0.3, -0.25) is 9.88 Å². The van der Waals surface area contributed by atoms with Crippen LogP contribution in [-0.2, 0) is 6.54 Å². The highest BCUT2D eigenvalue weighted by Crippen LogP contribution is 2.36. The second-order valence-electron chi connectivity index (χ2n) is 11.0. The van der Waals surface area contributed by atoms with Crippen molar-refractivity contribution in [2.24, 2.45) is 5.73 Å². The molecular formula is C29H34N6O. The molecule has 7 nitrogen and oxygen atoms in total. The van der Waals surface area contributed by atoms with Crippen molar-refractivity contribution < 1.29 is 4.74 Å². The molecule has 7 heteroatoms. The third-order valence-electron chi connectivity index (χ3n) is 8.26. The molecular weight excluding hydrogens is 448 g/mol. The minimum absolute atomic E-state index is 0.0556. The van der Waals surface area contributed by atoms with Gasteiger partial charge < -0.3 is 20.3 Å². The number of aromatic nitrogens is 1. The highest BCUT2D eigenvalue weighted by Gasteiger charge is 2.36. The van der Waals surface area contributed by atoms with Crippen LogP contribution in [0.3, 0.4) is 0 Å². The molecule has 3 aliphatic rings. The predicted octanol–water partition coefficient (Wildman–Crippen LogP) is 3.90. The number of hydrogen-bond acceptors (Lipinski definition) is 7. The van der Waals surface area contributed by atoms with Crippen molar-refractivity contribution in [2.75, 3.05) is 42.6 Å². The van der Waals surface area contributed by atoms with E-state index in [9.17, 15) is 5.26 Å². The van der Waals surface area contributed by atoms with Crippen LogP contribution in [0, 0.1) is 11.3 Å². The van der Waals surface area contributed by atoms with E-state index in [0.29, 0.717) is 18.2 Å². The maximum atomic E-state index is 9.54. The highest BCUT2D eigenvalue weighted by molar-refractivity contribution is 5.95. The summed E-state index contributed by atoms with van der Waals surface area (Å²) in [6.45, 7) is 9.78. The van der Waals surface area contributed by atoms with Crippen LogP contribution < -0.4 is 20.3 Å². The number of hydrogen-bond donors (Lipinski definition) is 1. The molecule has 0 radical (unpaired) electrons. The van der Waals surface area contributed by atoms with Gasteiger partial charge in [-0.25, -0.2) is 0 Å². The second kappa shape index (κ2) is 8.95. The Morgan fingerprint density at radius 1 is 1.11 bits per heavy atom. The van der Waals surface area contributed by atoms with Crippen LogP contribution >= 0.6 is 0 Å². The average molecular weight is 483 g/mol. The molecule has 2 N–H and O–H groups in total. The van der Waals surface area contributed by atoms with Crippen LogP contribution in [-0.4, -0.2) is 60.3 Å². The third kappa shape index (κ3) is 4.15. The lowest BCUT2D eigenvalue weighted by Crippen LogP contribution is -2.58. The van der Waals surface area contributed by atoms with Gasteiger partial charge in [-0.05, 0) is 57.0 Å². The minimum atomic E-state index is -0.0556. The summed E-state index contributed by atoms with van der Waals surface area (Å²) in [6.07, 6.45) is 3.78. The molecule has 2 saturated heterocycles. The fourth-order valence-corrected chi connectivity index (χ4v) is 6.03. The smallest absolute Gasteiger partial charge is 0.125 e. The molecule has 1 aromatic heterocycles. The minimum Gasteiger partial charge on any atom is -0.491 e. The first-order valence-electron chi connectivity index (χ1n) is 13.0. The number of ether oxygens (including phenoxy) is 1. The molecule has 6 rings (SSSR count). The summed E-state index contributed by atoms with van der Waals surface area (Å²) in [4.78, 5) is 12.0. The van der Waals surface area contributed by atoms with Gasteiger partial charge in [0.1, 0.15) is 18.4 Å². The fraction of sp³-hybridized carbons (Fsp3) is 0.448. The third-order valence-corrected chi connectivity index (χ3v) is 8.26. The van der Waals surface area contributed by atoms with Gasteiger partial charge in [0.15, 0.2) is 0 Å².